The summed E-state index contributed by atoms with van der Waals surface area (Å²) < 4.78 is 5.11. The van der Waals surface area contributed by atoms with Crippen molar-refractivity contribution < 1.29 is 14.6 Å². The fourth-order valence-corrected chi connectivity index (χ4v) is 2.31. The molecule has 4 nitrogen and oxygen atoms in total. The maximum absolute atomic E-state index is 10.5. The average Bonchev–Trinajstić information content (AvgIpc) is 2.32. The van der Waals surface area contributed by atoms with Crippen LogP contribution < -0.4 is 4.74 Å². The number of carbonyl (C=O) groups is 1. The van der Waals surface area contributed by atoms with E-state index < -0.39 is 5.97 Å². The summed E-state index contributed by atoms with van der Waals surface area (Å²) in [7, 11) is 1.66. The smallest absolute Gasteiger partial charge is 0.303 e. The lowest BCUT2D eigenvalue weighted by atomic mass is 9.96. The highest BCUT2D eigenvalue weighted by molar-refractivity contribution is 5.67. The molecule has 0 radical (unpaired) electrons. The zero-order valence-corrected chi connectivity index (χ0v) is 10.6. The molecule has 4 heteroatoms. The maximum atomic E-state index is 10.5. The van der Waals surface area contributed by atoms with Gasteiger partial charge in [0.2, 0.25) is 0 Å². The molecule has 1 aliphatic heterocycles. The Morgan fingerprint density at radius 3 is 2.61 bits per heavy atom. The Bertz CT molecular complexity index is 396. The molecule has 0 aliphatic carbocycles. The number of carboxylic acids is 1. The molecule has 0 unspecified atom stereocenters. The minimum atomic E-state index is -0.685. The van der Waals surface area contributed by atoms with Crippen molar-refractivity contribution in [3.05, 3.63) is 29.8 Å². The summed E-state index contributed by atoms with van der Waals surface area (Å²) in [6.45, 7) is 2.84. The number of hydrogen-bond donors (Lipinski definition) is 1. The molecule has 2 rings (SSSR count). The Labute approximate surface area is 107 Å². The van der Waals surface area contributed by atoms with Gasteiger partial charge < -0.3 is 14.7 Å². The second-order valence-electron chi connectivity index (χ2n) is 4.82. The van der Waals surface area contributed by atoms with Crippen molar-refractivity contribution in [1.82, 2.24) is 4.90 Å². The van der Waals surface area contributed by atoms with Gasteiger partial charge in [-0.1, -0.05) is 12.1 Å². The third-order valence-electron chi connectivity index (χ3n) is 3.37. The van der Waals surface area contributed by atoms with Gasteiger partial charge in [-0.3, -0.25) is 4.79 Å². The highest BCUT2D eigenvalue weighted by Gasteiger charge is 2.27. The minimum Gasteiger partial charge on any atom is -0.497 e. The molecule has 1 N–H and O–H groups in total. The molecule has 0 spiro atoms. The van der Waals surface area contributed by atoms with Gasteiger partial charge in [-0.15, -0.1) is 0 Å². The van der Waals surface area contributed by atoms with Crippen molar-refractivity contribution >= 4 is 5.97 Å². The quantitative estimate of drug-likeness (QED) is 0.832. The van der Waals surface area contributed by atoms with E-state index in [1.165, 1.54) is 5.56 Å². The van der Waals surface area contributed by atoms with Crippen LogP contribution in [-0.4, -0.2) is 42.7 Å². The predicted octanol–water partition coefficient (Wildman–Crippen LogP) is 1.64. The third kappa shape index (κ3) is 3.47. The van der Waals surface area contributed by atoms with Gasteiger partial charge in [0.25, 0.3) is 0 Å². The van der Waals surface area contributed by atoms with Crippen molar-refractivity contribution in [1.29, 1.82) is 0 Å². The van der Waals surface area contributed by atoms with E-state index in [0.717, 1.165) is 31.8 Å². The number of nitrogens with zero attached hydrogens (tertiary/aromatic N) is 1. The summed E-state index contributed by atoms with van der Waals surface area (Å²) in [5, 5.41) is 8.66. The first kappa shape index (κ1) is 12.9. The van der Waals surface area contributed by atoms with Crippen molar-refractivity contribution in [2.75, 3.05) is 26.7 Å². The molecule has 98 valence electrons. The fraction of sp³-hybridized carbons (Fsp3) is 0.500. The van der Waals surface area contributed by atoms with E-state index in [1.807, 2.05) is 12.1 Å². The zero-order chi connectivity index (χ0) is 13.0. The SMILES string of the molecule is COc1ccc(CCN2CC(CC(=O)O)C2)cc1. The number of methoxy groups -OCH3 is 1. The Morgan fingerprint density at radius 2 is 2.06 bits per heavy atom. The van der Waals surface area contributed by atoms with E-state index >= 15 is 0 Å². The van der Waals surface area contributed by atoms with Gasteiger partial charge >= 0.3 is 5.97 Å². The number of hydrogen-bond acceptors (Lipinski definition) is 3. The molecule has 0 saturated carbocycles. The van der Waals surface area contributed by atoms with Crippen LogP contribution in [0.4, 0.5) is 0 Å². The van der Waals surface area contributed by atoms with Crippen LogP contribution in [0.25, 0.3) is 0 Å². The normalized spacial score (nSPS) is 16.3. The van der Waals surface area contributed by atoms with E-state index in [9.17, 15) is 4.79 Å². The van der Waals surface area contributed by atoms with Crippen LogP contribution in [0.2, 0.25) is 0 Å². The lowest BCUT2D eigenvalue weighted by Gasteiger charge is -2.38. The molecule has 18 heavy (non-hydrogen) atoms. The predicted molar refractivity (Wildman–Crippen MR) is 68.9 cm³/mol. The van der Waals surface area contributed by atoms with Gasteiger partial charge in [0, 0.05) is 19.6 Å². The van der Waals surface area contributed by atoms with Gasteiger partial charge in [-0.2, -0.15) is 0 Å². The first-order chi connectivity index (χ1) is 8.67. The van der Waals surface area contributed by atoms with E-state index in [4.69, 9.17) is 9.84 Å². The number of carboxylic acid groups (broad SMARTS) is 1. The summed E-state index contributed by atoms with van der Waals surface area (Å²) in [5.74, 6) is 0.539. The summed E-state index contributed by atoms with van der Waals surface area (Å²) in [6, 6.07) is 8.10. The summed E-state index contributed by atoms with van der Waals surface area (Å²) in [5.41, 5.74) is 1.29. The second kappa shape index (κ2) is 5.87. The summed E-state index contributed by atoms with van der Waals surface area (Å²) >= 11 is 0. The molecule has 0 amide bonds. The van der Waals surface area contributed by atoms with E-state index in [1.54, 1.807) is 7.11 Å². The molecular weight excluding hydrogens is 230 g/mol. The number of benzene rings is 1. The Balaban J connectivity index is 1.68. The molecule has 1 heterocycles. The van der Waals surface area contributed by atoms with Crippen LogP contribution in [0.3, 0.4) is 0 Å². The topological polar surface area (TPSA) is 49.8 Å². The maximum Gasteiger partial charge on any atom is 0.303 e. The molecule has 1 saturated heterocycles. The van der Waals surface area contributed by atoms with Gasteiger partial charge in [0.15, 0.2) is 0 Å². The Morgan fingerprint density at radius 1 is 1.39 bits per heavy atom. The fourth-order valence-electron chi connectivity index (χ4n) is 2.31. The molecule has 1 aromatic carbocycles. The Kier molecular flexibility index (Phi) is 4.20. The van der Waals surface area contributed by atoms with Crippen molar-refractivity contribution in [3.8, 4) is 5.75 Å². The highest BCUT2D eigenvalue weighted by Crippen LogP contribution is 2.19. The second-order valence-corrected chi connectivity index (χ2v) is 4.82. The zero-order valence-electron chi connectivity index (χ0n) is 10.6. The monoisotopic (exact) mass is 249 g/mol. The standard InChI is InChI=1S/C14H19NO3/c1-18-13-4-2-11(3-5-13)6-7-15-9-12(10-15)8-14(16)17/h2-5,12H,6-10H2,1H3,(H,16,17). The number of likely N-dealkylation sites (tertiary alicyclic amines) is 1. The van der Waals surface area contributed by atoms with Gasteiger partial charge in [0.05, 0.1) is 13.5 Å². The molecule has 0 aromatic heterocycles. The average molecular weight is 249 g/mol. The highest BCUT2D eigenvalue weighted by atomic mass is 16.5. The minimum absolute atomic E-state index is 0.305. The number of rotatable bonds is 6. The van der Waals surface area contributed by atoms with Crippen molar-refractivity contribution in [2.45, 2.75) is 12.8 Å². The first-order valence-corrected chi connectivity index (χ1v) is 6.24. The van der Waals surface area contributed by atoms with E-state index in [-0.39, 0.29) is 0 Å². The van der Waals surface area contributed by atoms with E-state index in [2.05, 4.69) is 17.0 Å². The summed E-state index contributed by atoms with van der Waals surface area (Å²) in [4.78, 5) is 12.8. The van der Waals surface area contributed by atoms with Crippen LogP contribution in [-0.2, 0) is 11.2 Å². The molecule has 0 bridgehead atoms. The number of ether oxygens (including phenoxy) is 1. The number of aliphatic carboxylic acids is 1. The molecule has 0 atom stereocenters. The molecule has 1 fully saturated rings. The van der Waals surface area contributed by atoms with Gasteiger partial charge in [0.1, 0.15) is 5.75 Å². The van der Waals surface area contributed by atoms with Gasteiger partial charge in [-0.25, -0.2) is 0 Å². The lowest BCUT2D eigenvalue weighted by molar-refractivity contribution is -0.139. The molecule has 1 aliphatic rings. The largest absolute Gasteiger partial charge is 0.497 e. The van der Waals surface area contributed by atoms with Crippen molar-refractivity contribution in [2.24, 2.45) is 5.92 Å². The van der Waals surface area contributed by atoms with E-state index in [0.29, 0.717) is 12.3 Å². The Hall–Kier alpha value is -1.55. The van der Waals surface area contributed by atoms with Gasteiger partial charge in [-0.05, 0) is 30.0 Å². The molecule has 1 aromatic rings. The third-order valence-corrected chi connectivity index (χ3v) is 3.37. The lowest BCUT2D eigenvalue weighted by Crippen LogP contribution is -2.48. The van der Waals surface area contributed by atoms with Crippen LogP contribution >= 0.6 is 0 Å². The van der Waals surface area contributed by atoms with Crippen LogP contribution in [0.5, 0.6) is 5.75 Å². The summed E-state index contributed by atoms with van der Waals surface area (Å²) in [6.07, 6.45) is 1.31. The van der Waals surface area contributed by atoms with Crippen LogP contribution in [0, 0.1) is 5.92 Å². The van der Waals surface area contributed by atoms with Crippen LogP contribution in [0.15, 0.2) is 24.3 Å². The first-order valence-electron chi connectivity index (χ1n) is 6.24. The van der Waals surface area contributed by atoms with Crippen LogP contribution in [0.1, 0.15) is 12.0 Å². The van der Waals surface area contributed by atoms with Crippen molar-refractivity contribution in [3.63, 3.8) is 0 Å². The molecular formula is C14H19NO3.